The summed E-state index contributed by atoms with van der Waals surface area (Å²) in [6, 6.07) is -0.844. The smallest absolute Gasteiger partial charge is 0.548 e. The summed E-state index contributed by atoms with van der Waals surface area (Å²) < 4.78 is 0. The molecule has 1 atom stereocenters. The number of rotatable bonds is 22. The number of carboxylic acid groups (broad SMARTS) is 1. The van der Waals surface area contributed by atoms with Crippen LogP contribution in [0.15, 0.2) is 0 Å². The first kappa shape index (κ1) is 32.2. The number of hydrogen-bond acceptors (Lipinski definition) is 5. The molecule has 0 saturated heterocycles. The van der Waals surface area contributed by atoms with Crippen molar-refractivity contribution in [1.82, 2.24) is 10.2 Å². The van der Waals surface area contributed by atoms with Crippen molar-refractivity contribution < 1.29 is 44.3 Å². The first-order valence-corrected chi connectivity index (χ1v) is 12.2. The molecule has 0 aliphatic carbocycles. The maximum atomic E-state index is 12.1. The molecule has 6 heteroatoms. The number of carbonyl (C=O) groups excluding carboxylic acids is 2. The summed E-state index contributed by atoms with van der Waals surface area (Å²) in [6.07, 6.45) is 14.9. The fourth-order valence-electron chi connectivity index (χ4n) is 3.65. The van der Waals surface area contributed by atoms with E-state index in [0.717, 1.165) is 45.3 Å². The van der Waals surface area contributed by atoms with E-state index in [0.29, 0.717) is 13.0 Å². The number of nitrogens with one attached hydrogen (secondary N) is 1. The molecule has 0 spiro atoms. The number of unbranched alkanes of at least 4 members (excludes halogenated alkanes) is 10. The van der Waals surface area contributed by atoms with Crippen molar-refractivity contribution in [1.29, 1.82) is 0 Å². The van der Waals surface area contributed by atoms with Gasteiger partial charge in [-0.25, -0.2) is 0 Å². The van der Waals surface area contributed by atoms with Crippen LogP contribution in [-0.4, -0.2) is 48.9 Å². The molecule has 0 aliphatic rings. The van der Waals surface area contributed by atoms with Crippen LogP contribution in [0.3, 0.4) is 0 Å². The van der Waals surface area contributed by atoms with E-state index >= 15 is 0 Å². The summed E-state index contributed by atoms with van der Waals surface area (Å²) in [5.41, 5.74) is 0. The predicted molar refractivity (Wildman–Crippen MR) is 120 cm³/mol. The van der Waals surface area contributed by atoms with Crippen molar-refractivity contribution in [2.75, 3.05) is 26.2 Å². The summed E-state index contributed by atoms with van der Waals surface area (Å²) >= 11 is 0. The van der Waals surface area contributed by atoms with Crippen molar-refractivity contribution in [3.8, 4) is 0 Å². The van der Waals surface area contributed by atoms with Crippen LogP contribution in [0.2, 0.25) is 0 Å². The molecule has 0 amide bonds. The maximum Gasteiger partial charge on any atom is 1.00 e. The van der Waals surface area contributed by atoms with Gasteiger partial charge >= 0.3 is 29.6 Å². The number of carbonyl (C=O) groups is 2. The Labute approximate surface area is 208 Å². The van der Waals surface area contributed by atoms with Crippen molar-refractivity contribution in [3.05, 3.63) is 0 Å². The number of hydrogen-bond donors (Lipinski definition) is 1. The standard InChI is InChI=1S/C24H48N2O3.Na/c1-4-7-8-9-10-11-12-13-14-16-19-25-23(24(28)29)21-22(27)18-15-17-20-26(5-2)6-3;/h23,25H,4-21H2,1-3H3,(H,28,29);/q;+1/p-1. The molecule has 172 valence electrons. The number of aliphatic carboxylic acids is 1. The zero-order chi connectivity index (χ0) is 21.7. The first-order valence-electron chi connectivity index (χ1n) is 12.2. The van der Waals surface area contributed by atoms with Gasteiger partial charge in [-0.05, 0) is 45.4 Å². The van der Waals surface area contributed by atoms with Gasteiger partial charge in [-0.2, -0.15) is 0 Å². The molecule has 30 heavy (non-hydrogen) atoms. The van der Waals surface area contributed by atoms with Gasteiger partial charge < -0.3 is 20.1 Å². The molecular weight excluding hydrogens is 387 g/mol. The first-order chi connectivity index (χ1) is 14.0. The van der Waals surface area contributed by atoms with Crippen molar-refractivity contribution in [2.45, 2.75) is 117 Å². The third kappa shape index (κ3) is 20.0. The van der Waals surface area contributed by atoms with Gasteiger partial charge in [-0.1, -0.05) is 78.6 Å². The molecule has 0 aromatic heterocycles. The normalized spacial score (nSPS) is 12.0. The molecule has 0 bridgehead atoms. The Kier molecular flexibility index (Phi) is 25.5. The number of carboxylic acids is 1. The summed E-state index contributed by atoms with van der Waals surface area (Å²) in [4.78, 5) is 25.7. The van der Waals surface area contributed by atoms with Gasteiger partial charge in [0.25, 0.3) is 0 Å². The number of ketones is 1. The van der Waals surface area contributed by atoms with Crippen LogP contribution in [0.1, 0.15) is 111 Å². The quantitative estimate of drug-likeness (QED) is 0.204. The summed E-state index contributed by atoms with van der Waals surface area (Å²) in [5, 5.41) is 14.3. The fraction of sp³-hybridized carbons (Fsp3) is 0.917. The molecule has 0 rings (SSSR count). The Morgan fingerprint density at radius 1 is 0.800 bits per heavy atom. The molecule has 0 aromatic carbocycles. The minimum atomic E-state index is -1.16. The molecule has 1 unspecified atom stereocenters. The molecule has 0 aromatic rings. The van der Waals surface area contributed by atoms with Crippen LogP contribution in [-0.2, 0) is 9.59 Å². The molecule has 1 N–H and O–H groups in total. The maximum absolute atomic E-state index is 12.1. The van der Waals surface area contributed by atoms with Crippen LogP contribution >= 0.6 is 0 Å². The second-order valence-electron chi connectivity index (χ2n) is 8.23. The van der Waals surface area contributed by atoms with Gasteiger partial charge in [0.2, 0.25) is 0 Å². The van der Waals surface area contributed by atoms with E-state index in [1.54, 1.807) is 0 Å². The Morgan fingerprint density at radius 2 is 1.33 bits per heavy atom. The van der Waals surface area contributed by atoms with Gasteiger partial charge in [-0.15, -0.1) is 0 Å². The van der Waals surface area contributed by atoms with Gasteiger partial charge in [0.05, 0.1) is 12.0 Å². The zero-order valence-electron chi connectivity index (χ0n) is 20.5. The van der Waals surface area contributed by atoms with Crippen molar-refractivity contribution in [3.63, 3.8) is 0 Å². The largest absolute Gasteiger partial charge is 1.00 e. The average molecular weight is 435 g/mol. The van der Waals surface area contributed by atoms with E-state index < -0.39 is 12.0 Å². The SMILES string of the molecule is CCCCCCCCCCCCNC(CC(=O)CCCCN(CC)CC)C(=O)[O-].[Na+]. The van der Waals surface area contributed by atoms with Crippen molar-refractivity contribution >= 4 is 11.8 Å². The topological polar surface area (TPSA) is 72.5 Å². The van der Waals surface area contributed by atoms with E-state index in [2.05, 4.69) is 31.0 Å². The third-order valence-corrected chi connectivity index (χ3v) is 5.71. The van der Waals surface area contributed by atoms with E-state index in [-0.39, 0.29) is 41.8 Å². The van der Waals surface area contributed by atoms with E-state index in [1.165, 1.54) is 51.4 Å². The van der Waals surface area contributed by atoms with Crippen LogP contribution in [0.25, 0.3) is 0 Å². The monoisotopic (exact) mass is 434 g/mol. The molecule has 0 fully saturated rings. The minimum Gasteiger partial charge on any atom is -0.548 e. The summed E-state index contributed by atoms with van der Waals surface area (Å²) in [6.45, 7) is 10.2. The Morgan fingerprint density at radius 3 is 1.83 bits per heavy atom. The Bertz CT molecular complexity index is 404. The Balaban J connectivity index is 0. The summed E-state index contributed by atoms with van der Waals surface area (Å²) in [5.74, 6) is -1.14. The van der Waals surface area contributed by atoms with Gasteiger partial charge in [-0.3, -0.25) is 4.79 Å². The summed E-state index contributed by atoms with van der Waals surface area (Å²) in [7, 11) is 0. The third-order valence-electron chi connectivity index (χ3n) is 5.71. The Hall–Kier alpha value is 0.0600. The molecule has 5 nitrogen and oxygen atoms in total. The number of Topliss-reactive ketones (excluding diaryl/α,β-unsaturated/α-hetero) is 1. The van der Waals surface area contributed by atoms with E-state index in [1.807, 2.05) is 0 Å². The van der Waals surface area contributed by atoms with Gasteiger partial charge in [0, 0.05) is 12.8 Å². The van der Waals surface area contributed by atoms with Crippen LogP contribution < -0.4 is 40.0 Å². The van der Waals surface area contributed by atoms with E-state index in [9.17, 15) is 14.7 Å². The van der Waals surface area contributed by atoms with Gasteiger partial charge in [0.15, 0.2) is 0 Å². The molecular formula is C24H47N2NaO3. The average Bonchev–Trinajstić information content (AvgIpc) is 2.71. The molecule has 0 aliphatic heterocycles. The second kappa shape index (κ2) is 23.7. The molecule has 0 heterocycles. The fourth-order valence-corrected chi connectivity index (χ4v) is 3.65. The van der Waals surface area contributed by atoms with Gasteiger partial charge in [0.1, 0.15) is 5.78 Å². The second-order valence-corrected chi connectivity index (χ2v) is 8.23. The molecule has 0 radical (unpaired) electrons. The van der Waals surface area contributed by atoms with Crippen molar-refractivity contribution in [2.24, 2.45) is 0 Å². The van der Waals surface area contributed by atoms with Crippen LogP contribution in [0.4, 0.5) is 0 Å². The zero-order valence-corrected chi connectivity index (χ0v) is 22.5. The predicted octanol–water partition coefficient (Wildman–Crippen LogP) is 1.09. The minimum absolute atomic E-state index is 0. The van der Waals surface area contributed by atoms with E-state index in [4.69, 9.17) is 0 Å². The molecule has 0 saturated carbocycles. The van der Waals surface area contributed by atoms with Crippen LogP contribution in [0.5, 0.6) is 0 Å². The number of nitrogens with zero attached hydrogens (tertiary/aromatic N) is 1. The van der Waals surface area contributed by atoms with Crippen LogP contribution in [0, 0.1) is 0 Å².